The molecule has 264 valence electrons. The first-order valence-corrected chi connectivity index (χ1v) is 18.6. The normalized spacial score (nSPS) is 13.8. The number of para-hydroxylation sites is 2. The zero-order valence-electron chi connectivity index (χ0n) is 30.0. The molecular formula is C48H31N7O. The van der Waals surface area contributed by atoms with Gasteiger partial charge in [-0.15, -0.1) is 0 Å². The highest BCUT2D eigenvalue weighted by atomic mass is 16.3. The molecule has 1 aliphatic carbocycles. The second-order valence-corrected chi connectivity index (χ2v) is 13.9. The van der Waals surface area contributed by atoms with Gasteiger partial charge in [-0.1, -0.05) is 115 Å². The van der Waals surface area contributed by atoms with Crippen molar-refractivity contribution in [1.29, 1.82) is 0 Å². The van der Waals surface area contributed by atoms with Gasteiger partial charge in [-0.25, -0.2) is 29.9 Å². The molecule has 0 fully saturated rings. The van der Waals surface area contributed by atoms with Crippen LogP contribution in [0.2, 0.25) is 0 Å². The summed E-state index contributed by atoms with van der Waals surface area (Å²) in [6.07, 6.45) is 6.67. The molecule has 10 aromatic rings. The summed E-state index contributed by atoms with van der Waals surface area (Å²) in [7, 11) is 0. The Kier molecular flexibility index (Phi) is 7.45. The highest BCUT2D eigenvalue weighted by molar-refractivity contribution is 6.10. The fourth-order valence-electron chi connectivity index (χ4n) is 7.81. The Bertz CT molecular complexity index is 3230. The van der Waals surface area contributed by atoms with Gasteiger partial charge in [-0.2, -0.15) is 0 Å². The van der Waals surface area contributed by atoms with E-state index in [4.69, 9.17) is 24.4 Å². The number of nitrogens with zero attached hydrogens (tertiary/aromatic N) is 7. The zero-order chi connectivity index (χ0) is 37.0. The Morgan fingerprint density at radius 3 is 1.89 bits per heavy atom. The average Bonchev–Trinajstić information content (AvgIpc) is 3.81. The van der Waals surface area contributed by atoms with Gasteiger partial charge in [0, 0.05) is 55.2 Å². The van der Waals surface area contributed by atoms with Crippen LogP contribution in [0.25, 0.3) is 96.2 Å². The van der Waals surface area contributed by atoms with Crippen LogP contribution in [0.15, 0.2) is 162 Å². The van der Waals surface area contributed by atoms with Gasteiger partial charge in [0.1, 0.15) is 23.2 Å². The van der Waals surface area contributed by atoms with Gasteiger partial charge in [-0.3, -0.25) is 0 Å². The maximum absolute atomic E-state index is 6.43. The summed E-state index contributed by atoms with van der Waals surface area (Å²) in [6.45, 7) is 0. The van der Waals surface area contributed by atoms with Gasteiger partial charge in [-0.05, 0) is 55.0 Å². The number of fused-ring (bicyclic) bond motifs is 6. The largest absolute Gasteiger partial charge is 0.456 e. The van der Waals surface area contributed by atoms with Crippen molar-refractivity contribution in [2.75, 3.05) is 0 Å². The number of aromatic nitrogens is 7. The minimum absolute atomic E-state index is 0.0366. The minimum Gasteiger partial charge on any atom is -0.456 e. The maximum Gasteiger partial charge on any atom is 0.164 e. The second kappa shape index (κ2) is 13.1. The monoisotopic (exact) mass is 721 g/mol. The molecule has 0 aliphatic heterocycles. The number of rotatable bonds is 6. The highest BCUT2D eigenvalue weighted by Crippen LogP contribution is 2.35. The summed E-state index contributed by atoms with van der Waals surface area (Å²) < 4.78 is 8.75. The molecule has 1 aliphatic rings. The standard InChI is InChI=1S/C48H31N7O/c1-4-12-30(13-5-1)44-49-29-50-45(51-44)34-21-24-38-39-26-32(22-25-42(39)56-43(38)28-34)47-52-46(31-14-6-2-7-15-31)53-48(54-47)33-20-23-37-36-18-10-11-19-40(36)55(41(37)27-33)35-16-8-3-9-17-35/h1-20,22-29,34H,21H2. The van der Waals surface area contributed by atoms with E-state index in [-0.39, 0.29) is 5.92 Å². The molecule has 1 unspecified atom stereocenters. The van der Waals surface area contributed by atoms with Crippen molar-refractivity contribution in [3.63, 3.8) is 0 Å². The summed E-state index contributed by atoms with van der Waals surface area (Å²) in [5.41, 5.74) is 8.59. The van der Waals surface area contributed by atoms with Crippen LogP contribution in [0.5, 0.6) is 0 Å². The molecule has 8 heteroatoms. The van der Waals surface area contributed by atoms with Crippen molar-refractivity contribution in [1.82, 2.24) is 34.5 Å². The Hall–Kier alpha value is -7.58. The number of benzene rings is 6. The van der Waals surface area contributed by atoms with Gasteiger partial charge in [0.05, 0.1) is 11.0 Å². The Morgan fingerprint density at radius 2 is 1.12 bits per heavy atom. The predicted octanol–water partition coefficient (Wildman–Crippen LogP) is 9.32. The second-order valence-electron chi connectivity index (χ2n) is 13.9. The summed E-state index contributed by atoms with van der Waals surface area (Å²) in [4.78, 5) is 29.1. The summed E-state index contributed by atoms with van der Waals surface area (Å²) in [5, 5.41) is 4.42. The molecule has 0 bridgehead atoms. The predicted molar refractivity (Wildman–Crippen MR) is 221 cm³/mol. The minimum atomic E-state index is -0.0366. The van der Waals surface area contributed by atoms with Gasteiger partial charge >= 0.3 is 0 Å². The number of hydrogen-bond donors (Lipinski definition) is 0. The topological polar surface area (TPSA) is 95.4 Å². The SMILES string of the molecule is C1=c2oc3ccc(-c4nc(-c5ccccc5)nc(-c5ccc6c7ccccc7n(-c7ccccc7)c6c5)n4)cc3c2=CCC1c1ncnc(-c2ccccc2)n1. The molecule has 11 rings (SSSR count). The molecule has 0 saturated heterocycles. The van der Waals surface area contributed by atoms with Crippen molar-refractivity contribution in [2.45, 2.75) is 12.3 Å². The molecule has 0 saturated carbocycles. The van der Waals surface area contributed by atoms with Crippen molar-refractivity contribution in [3.05, 3.63) is 174 Å². The molecule has 0 radical (unpaired) electrons. The molecular weight excluding hydrogens is 691 g/mol. The third-order valence-electron chi connectivity index (χ3n) is 10.5. The Balaban J connectivity index is 1.03. The number of furan rings is 1. The third-order valence-corrected chi connectivity index (χ3v) is 10.5. The van der Waals surface area contributed by atoms with Gasteiger partial charge < -0.3 is 8.98 Å². The lowest BCUT2D eigenvalue weighted by Gasteiger charge is -2.11. The molecule has 4 aromatic heterocycles. The summed E-state index contributed by atoms with van der Waals surface area (Å²) in [5.74, 6) is 3.14. The van der Waals surface area contributed by atoms with Crippen molar-refractivity contribution < 1.29 is 4.42 Å². The molecule has 56 heavy (non-hydrogen) atoms. The smallest absolute Gasteiger partial charge is 0.164 e. The van der Waals surface area contributed by atoms with Gasteiger partial charge in [0.15, 0.2) is 23.3 Å². The van der Waals surface area contributed by atoms with E-state index in [2.05, 4.69) is 99.5 Å². The molecule has 6 aromatic carbocycles. The quantitative estimate of drug-likeness (QED) is 0.169. The van der Waals surface area contributed by atoms with E-state index >= 15 is 0 Å². The lowest BCUT2D eigenvalue weighted by atomic mass is 9.98. The van der Waals surface area contributed by atoms with Crippen LogP contribution in [0.3, 0.4) is 0 Å². The third kappa shape index (κ3) is 5.46. The Morgan fingerprint density at radius 1 is 0.500 bits per heavy atom. The lowest BCUT2D eigenvalue weighted by molar-refractivity contribution is 0.568. The maximum atomic E-state index is 6.43. The summed E-state index contributed by atoms with van der Waals surface area (Å²) in [6, 6.07) is 51.7. The first-order chi connectivity index (χ1) is 27.7. The van der Waals surface area contributed by atoms with Crippen LogP contribution in [0.1, 0.15) is 18.2 Å². The van der Waals surface area contributed by atoms with Crippen LogP contribution < -0.4 is 10.6 Å². The molecule has 4 heterocycles. The molecule has 0 amide bonds. The van der Waals surface area contributed by atoms with Gasteiger partial charge in [0.2, 0.25) is 0 Å². The van der Waals surface area contributed by atoms with E-state index in [0.717, 1.165) is 72.8 Å². The first-order valence-electron chi connectivity index (χ1n) is 18.6. The fraction of sp³-hybridized carbons (Fsp3) is 0.0417. The van der Waals surface area contributed by atoms with E-state index in [9.17, 15) is 0 Å². The van der Waals surface area contributed by atoms with Crippen LogP contribution in [0.4, 0.5) is 0 Å². The van der Waals surface area contributed by atoms with Gasteiger partial charge in [0.25, 0.3) is 0 Å². The van der Waals surface area contributed by atoms with Crippen molar-refractivity contribution in [2.24, 2.45) is 0 Å². The number of hydrogen-bond acceptors (Lipinski definition) is 7. The zero-order valence-corrected chi connectivity index (χ0v) is 30.0. The van der Waals surface area contributed by atoms with E-state index in [1.54, 1.807) is 6.33 Å². The molecule has 0 spiro atoms. The summed E-state index contributed by atoms with van der Waals surface area (Å²) >= 11 is 0. The van der Waals surface area contributed by atoms with Crippen LogP contribution in [-0.4, -0.2) is 34.5 Å². The Labute approximate surface area is 320 Å². The van der Waals surface area contributed by atoms with Crippen LogP contribution in [0, 0.1) is 0 Å². The first kappa shape index (κ1) is 31.9. The van der Waals surface area contributed by atoms with Crippen molar-refractivity contribution >= 4 is 44.9 Å². The highest BCUT2D eigenvalue weighted by Gasteiger charge is 2.20. The molecule has 8 nitrogen and oxygen atoms in total. The van der Waals surface area contributed by atoms with E-state index in [1.165, 1.54) is 10.8 Å². The lowest BCUT2D eigenvalue weighted by Crippen LogP contribution is -2.25. The molecule has 1 atom stereocenters. The molecule has 0 N–H and O–H groups in total. The fourth-order valence-corrected chi connectivity index (χ4v) is 7.81. The average molecular weight is 722 g/mol. The van der Waals surface area contributed by atoms with E-state index in [1.807, 2.05) is 78.9 Å². The van der Waals surface area contributed by atoms with E-state index < -0.39 is 0 Å². The van der Waals surface area contributed by atoms with Crippen LogP contribution >= 0.6 is 0 Å². The van der Waals surface area contributed by atoms with E-state index in [0.29, 0.717) is 23.3 Å². The van der Waals surface area contributed by atoms with Crippen molar-refractivity contribution in [3.8, 4) is 51.2 Å². The van der Waals surface area contributed by atoms with Crippen LogP contribution in [-0.2, 0) is 0 Å².